The van der Waals surface area contributed by atoms with Crippen molar-refractivity contribution < 1.29 is 9.59 Å². The second kappa shape index (κ2) is 10.3. The Bertz CT molecular complexity index is 1280. The number of benzene rings is 2. The summed E-state index contributed by atoms with van der Waals surface area (Å²) in [5, 5.41) is 3.95. The molecule has 0 unspecified atom stereocenters. The summed E-state index contributed by atoms with van der Waals surface area (Å²) >= 11 is 1.59. The number of nitrogens with two attached hydrogens (primary N) is 1. The molecule has 4 aromatic rings. The molecule has 6 nitrogen and oxygen atoms in total. The zero-order valence-corrected chi connectivity index (χ0v) is 20.2. The first kappa shape index (κ1) is 23.1. The van der Waals surface area contributed by atoms with Crippen molar-refractivity contribution in [2.45, 2.75) is 37.8 Å². The third-order valence-corrected chi connectivity index (χ3v) is 7.72. The first-order valence-electron chi connectivity index (χ1n) is 11.9. The molecule has 2 amide bonds. The zero-order valence-electron chi connectivity index (χ0n) is 19.4. The van der Waals surface area contributed by atoms with E-state index in [-0.39, 0.29) is 17.7 Å². The van der Waals surface area contributed by atoms with E-state index in [0.29, 0.717) is 31.7 Å². The van der Waals surface area contributed by atoms with Crippen LogP contribution in [0.1, 0.15) is 41.2 Å². The maximum absolute atomic E-state index is 13.5. The number of carbonyl (C=O) groups excluding carboxylic acids is 2. The lowest BCUT2D eigenvalue weighted by molar-refractivity contribution is -0.138. The number of anilines is 1. The van der Waals surface area contributed by atoms with Gasteiger partial charge in [0.25, 0.3) is 0 Å². The molecule has 3 N–H and O–H groups in total. The Morgan fingerprint density at radius 3 is 2.40 bits per heavy atom. The lowest BCUT2D eigenvalue weighted by Crippen LogP contribution is -2.46. The maximum Gasteiger partial charge on any atom is 0.243 e. The molecule has 1 aliphatic heterocycles. The first-order valence-corrected chi connectivity index (χ1v) is 12.7. The van der Waals surface area contributed by atoms with Crippen LogP contribution < -0.4 is 11.1 Å². The van der Waals surface area contributed by atoms with Crippen LogP contribution in [0.3, 0.4) is 0 Å². The van der Waals surface area contributed by atoms with Gasteiger partial charge in [0.15, 0.2) is 0 Å². The Morgan fingerprint density at radius 2 is 1.74 bits per heavy atom. The summed E-state index contributed by atoms with van der Waals surface area (Å²) in [5.41, 5.74) is 8.17. The predicted octanol–water partition coefficient (Wildman–Crippen LogP) is 4.71. The molecule has 0 saturated carbocycles. The largest absolute Gasteiger partial charge is 0.383 e. The molecule has 0 bridgehead atoms. The highest BCUT2D eigenvalue weighted by Crippen LogP contribution is 2.31. The summed E-state index contributed by atoms with van der Waals surface area (Å²) in [4.78, 5) is 33.5. The summed E-state index contributed by atoms with van der Waals surface area (Å²) in [7, 11) is 0. The van der Waals surface area contributed by atoms with Crippen molar-refractivity contribution in [2.75, 3.05) is 12.3 Å². The quantitative estimate of drug-likeness (QED) is 0.398. The van der Waals surface area contributed by atoms with Crippen LogP contribution in [0.25, 0.3) is 10.1 Å². The number of nitrogen functional groups attached to an aromatic ring is 1. The predicted molar refractivity (Wildman–Crippen MR) is 140 cm³/mol. The fourth-order valence-corrected chi connectivity index (χ4v) is 5.85. The van der Waals surface area contributed by atoms with Crippen LogP contribution in [-0.2, 0) is 16.1 Å². The van der Waals surface area contributed by atoms with Crippen molar-refractivity contribution in [3.8, 4) is 0 Å². The molecule has 35 heavy (non-hydrogen) atoms. The molecular weight excluding hydrogens is 456 g/mol. The topological polar surface area (TPSA) is 88.3 Å². The smallest absolute Gasteiger partial charge is 0.243 e. The van der Waals surface area contributed by atoms with Crippen LogP contribution >= 0.6 is 11.3 Å². The number of thiophene rings is 1. The summed E-state index contributed by atoms with van der Waals surface area (Å²) in [6.07, 6.45) is 3.54. The van der Waals surface area contributed by atoms with Gasteiger partial charge >= 0.3 is 0 Å². The number of hydrogen-bond donors (Lipinski definition) is 2. The molecule has 2 aromatic heterocycles. The molecule has 0 radical (unpaired) electrons. The number of nitrogens with one attached hydrogen (secondary N) is 1. The molecule has 1 saturated heterocycles. The summed E-state index contributed by atoms with van der Waals surface area (Å²) in [6, 6.07) is 23.7. The number of carbonyl (C=O) groups is 2. The van der Waals surface area contributed by atoms with Gasteiger partial charge in [-0.3, -0.25) is 9.59 Å². The number of likely N-dealkylation sites (tertiary alicyclic amines) is 1. The molecule has 0 aliphatic carbocycles. The van der Waals surface area contributed by atoms with Crippen LogP contribution in [0.2, 0.25) is 0 Å². The van der Waals surface area contributed by atoms with Gasteiger partial charge in [-0.2, -0.15) is 0 Å². The molecule has 3 heterocycles. The number of amides is 2. The van der Waals surface area contributed by atoms with E-state index in [1.165, 1.54) is 0 Å². The van der Waals surface area contributed by atoms with Crippen molar-refractivity contribution in [3.05, 3.63) is 95.0 Å². The van der Waals surface area contributed by atoms with Gasteiger partial charge in [0.05, 0.1) is 6.54 Å². The maximum atomic E-state index is 13.5. The second-order valence-electron chi connectivity index (χ2n) is 8.86. The van der Waals surface area contributed by atoms with Gasteiger partial charge in [-0.25, -0.2) is 4.98 Å². The van der Waals surface area contributed by atoms with Crippen molar-refractivity contribution in [3.63, 3.8) is 0 Å². The number of pyridine rings is 1. The number of hydrogen-bond acceptors (Lipinski definition) is 5. The average Bonchev–Trinajstić information content (AvgIpc) is 3.55. The van der Waals surface area contributed by atoms with E-state index < -0.39 is 6.04 Å². The Hall–Kier alpha value is -3.71. The molecular formula is C28H28N4O2S. The first-order chi connectivity index (χ1) is 17.1. The lowest BCUT2D eigenvalue weighted by atomic mass is 9.88. The van der Waals surface area contributed by atoms with Crippen LogP contribution in [-0.4, -0.2) is 34.3 Å². The Balaban J connectivity index is 1.27. The van der Waals surface area contributed by atoms with E-state index in [4.69, 9.17) is 5.73 Å². The molecule has 1 atom stereocenters. The normalized spacial score (nSPS) is 15.6. The average molecular weight is 485 g/mol. The summed E-state index contributed by atoms with van der Waals surface area (Å²) in [5.74, 6) is 0.360. The molecule has 178 valence electrons. The minimum absolute atomic E-state index is 0.0149. The number of rotatable bonds is 7. The highest BCUT2D eigenvalue weighted by atomic mass is 32.1. The molecule has 1 aliphatic rings. The minimum atomic E-state index is -0.434. The minimum Gasteiger partial charge on any atom is -0.383 e. The van der Waals surface area contributed by atoms with Gasteiger partial charge in [-0.05, 0) is 36.1 Å². The van der Waals surface area contributed by atoms with Crippen LogP contribution in [0, 0.1) is 0 Å². The van der Waals surface area contributed by atoms with Gasteiger partial charge in [0, 0.05) is 40.0 Å². The van der Waals surface area contributed by atoms with E-state index in [9.17, 15) is 9.59 Å². The Kier molecular flexibility index (Phi) is 6.77. The summed E-state index contributed by atoms with van der Waals surface area (Å²) < 4.78 is 1.05. The molecule has 1 fully saturated rings. The SMILES string of the molecule is Nc1nccc2sc(CNC(=O)[C@@H]3CCCN3C(=O)CC(c3ccccc3)c3ccccc3)cc12. The monoisotopic (exact) mass is 484 g/mol. The Labute approximate surface area is 208 Å². The van der Waals surface area contributed by atoms with E-state index >= 15 is 0 Å². The van der Waals surface area contributed by atoms with Crippen molar-refractivity contribution >= 4 is 39.1 Å². The van der Waals surface area contributed by atoms with Crippen LogP contribution in [0.15, 0.2) is 79.0 Å². The molecule has 2 aromatic carbocycles. The van der Waals surface area contributed by atoms with Crippen molar-refractivity contribution in [2.24, 2.45) is 0 Å². The van der Waals surface area contributed by atoms with Gasteiger partial charge < -0.3 is 16.0 Å². The van der Waals surface area contributed by atoms with Crippen molar-refractivity contribution in [1.82, 2.24) is 15.2 Å². The van der Waals surface area contributed by atoms with Gasteiger partial charge in [0.2, 0.25) is 11.8 Å². The number of nitrogens with zero attached hydrogens (tertiary/aromatic N) is 2. The van der Waals surface area contributed by atoms with Crippen molar-refractivity contribution in [1.29, 1.82) is 0 Å². The zero-order chi connectivity index (χ0) is 24.2. The highest BCUT2D eigenvalue weighted by molar-refractivity contribution is 7.19. The molecule has 5 rings (SSSR count). The highest BCUT2D eigenvalue weighted by Gasteiger charge is 2.35. The number of aromatic nitrogens is 1. The molecule has 7 heteroatoms. The third-order valence-electron chi connectivity index (χ3n) is 6.62. The Morgan fingerprint density at radius 1 is 1.06 bits per heavy atom. The molecule has 0 spiro atoms. The van der Waals surface area contributed by atoms with E-state index in [1.54, 1.807) is 22.4 Å². The van der Waals surface area contributed by atoms with Gasteiger partial charge in [-0.1, -0.05) is 60.7 Å². The van der Waals surface area contributed by atoms with Gasteiger partial charge in [-0.15, -0.1) is 11.3 Å². The van der Waals surface area contributed by atoms with E-state index in [0.717, 1.165) is 32.5 Å². The third kappa shape index (κ3) is 5.05. The van der Waals surface area contributed by atoms with Crippen LogP contribution in [0.4, 0.5) is 5.82 Å². The van der Waals surface area contributed by atoms with E-state index in [2.05, 4.69) is 34.6 Å². The standard InChI is InChI=1S/C28H28N4O2S/c29-27-23-16-21(35-25(23)13-14-30-27)18-31-28(34)24-12-7-15-32(24)26(33)17-22(19-8-3-1-4-9-19)20-10-5-2-6-11-20/h1-6,8-11,13-14,16,22,24H,7,12,15,17-18H2,(H2,29,30)(H,31,34)/t24-/m0/s1. The fourth-order valence-electron chi connectivity index (χ4n) is 4.84. The van der Waals surface area contributed by atoms with Crippen LogP contribution in [0.5, 0.6) is 0 Å². The number of fused-ring (bicyclic) bond motifs is 1. The lowest BCUT2D eigenvalue weighted by Gasteiger charge is -2.26. The second-order valence-corrected chi connectivity index (χ2v) is 10.0. The summed E-state index contributed by atoms with van der Waals surface area (Å²) in [6.45, 7) is 1.02. The van der Waals surface area contributed by atoms with Gasteiger partial charge in [0.1, 0.15) is 11.9 Å². The fraction of sp³-hybridized carbons (Fsp3) is 0.250. The van der Waals surface area contributed by atoms with E-state index in [1.807, 2.05) is 48.5 Å².